The van der Waals surface area contributed by atoms with Crippen LogP contribution in [-0.2, 0) is 6.42 Å². The molecule has 2 nitrogen and oxygen atoms in total. The first kappa shape index (κ1) is 9.31. The summed E-state index contributed by atoms with van der Waals surface area (Å²) in [5.74, 6) is 0. The van der Waals surface area contributed by atoms with E-state index in [1.165, 1.54) is 4.70 Å². The van der Waals surface area contributed by atoms with Crippen LogP contribution in [-0.4, -0.2) is 15.7 Å². The summed E-state index contributed by atoms with van der Waals surface area (Å²) in [5, 5.41) is 10.9. The van der Waals surface area contributed by atoms with Gasteiger partial charge in [-0.2, -0.15) is 0 Å². The van der Waals surface area contributed by atoms with Crippen LogP contribution in [0.2, 0.25) is 0 Å². The second-order valence-electron chi connectivity index (χ2n) is 4.30. The normalized spacial score (nSPS) is 18.2. The molecule has 2 aromatic rings. The summed E-state index contributed by atoms with van der Waals surface area (Å²) in [5.41, 5.74) is 0.734. The van der Waals surface area contributed by atoms with Gasteiger partial charge >= 0.3 is 0 Å². The predicted molar refractivity (Wildman–Crippen MR) is 62.1 cm³/mol. The van der Waals surface area contributed by atoms with Gasteiger partial charge < -0.3 is 5.11 Å². The first-order valence-electron chi connectivity index (χ1n) is 5.32. The summed E-state index contributed by atoms with van der Waals surface area (Å²) in [6.07, 6.45) is 3.72. The number of benzene rings is 1. The lowest BCUT2D eigenvalue weighted by molar-refractivity contribution is 0.140. The quantitative estimate of drug-likeness (QED) is 0.861. The van der Waals surface area contributed by atoms with E-state index >= 15 is 0 Å². The smallest absolute Gasteiger partial charge is 0.0939 e. The van der Waals surface area contributed by atoms with E-state index in [-0.39, 0.29) is 5.60 Å². The molecule has 0 saturated heterocycles. The van der Waals surface area contributed by atoms with Crippen molar-refractivity contribution in [2.24, 2.45) is 0 Å². The summed E-state index contributed by atoms with van der Waals surface area (Å²) in [6.45, 7) is 0. The zero-order valence-corrected chi connectivity index (χ0v) is 9.26. The lowest BCUT2D eigenvalue weighted by atomic mass is 10.2. The molecule has 1 aromatic carbocycles. The number of aliphatic hydroxyl groups is 1. The highest BCUT2D eigenvalue weighted by Crippen LogP contribution is 2.39. The monoisotopic (exact) mass is 219 g/mol. The van der Waals surface area contributed by atoms with Crippen molar-refractivity contribution in [2.45, 2.75) is 31.3 Å². The van der Waals surface area contributed by atoms with E-state index in [4.69, 9.17) is 0 Å². The lowest BCUT2D eigenvalue weighted by Gasteiger charge is -2.03. The van der Waals surface area contributed by atoms with Gasteiger partial charge in [0.1, 0.15) is 0 Å². The first-order valence-corrected chi connectivity index (χ1v) is 6.14. The minimum absolute atomic E-state index is 0.349. The van der Waals surface area contributed by atoms with Gasteiger partial charge in [0.25, 0.3) is 0 Å². The topological polar surface area (TPSA) is 33.1 Å². The number of fused-ring (bicyclic) bond motifs is 1. The van der Waals surface area contributed by atoms with Crippen molar-refractivity contribution in [3.63, 3.8) is 0 Å². The van der Waals surface area contributed by atoms with Crippen LogP contribution in [0.1, 0.15) is 24.3 Å². The van der Waals surface area contributed by atoms with Crippen LogP contribution in [0.4, 0.5) is 0 Å². The Hall–Kier alpha value is -0.930. The molecule has 0 bridgehead atoms. The summed E-state index contributed by atoms with van der Waals surface area (Å²) < 4.78 is 1.25. The molecule has 1 heterocycles. The minimum Gasteiger partial charge on any atom is -0.390 e. The summed E-state index contributed by atoms with van der Waals surface area (Å²) in [4.78, 5) is 4.55. The average molecular weight is 219 g/mol. The van der Waals surface area contributed by atoms with E-state index in [1.54, 1.807) is 11.3 Å². The van der Waals surface area contributed by atoms with Gasteiger partial charge in [-0.15, -0.1) is 11.3 Å². The Morgan fingerprint density at radius 2 is 2.13 bits per heavy atom. The van der Waals surface area contributed by atoms with E-state index in [1.807, 2.05) is 18.2 Å². The molecule has 1 N–H and O–H groups in total. The van der Waals surface area contributed by atoms with Crippen LogP contribution >= 0.6 is 11.3 Å². The number of nitrogens with zero attached hydrogens (tertiary/aromatic N) is 1. The van der Waals surface area contributed by atoms with Crippen LogP contribution in [0.3, 0.4) is 0 Å². The summed E-state index contributed by atoms with van der Waals surface area (Å²) in [6, 6.07) is 8.20. The SMILES string of the molecule is OC1(CCc2nc3ccccc3s2)CC1. The molecule has 0 unspecified atom stereocenters. The molecule has 1 aromatic heterocycles. The Bertz CT molecular complexity index is 454. The fourth-order valence-corrected chi connectivity index (χ4v) is 2.73. The Balaban J connectivity index is 1.79. The maximum atomic E-state index is 9.74. The van der Waals surface area contributed by atoms with Gasteiger partial charge in [0.05, 0.1) is 20.8 Å². The Kier molecular flexibility index (Phi) is 2.04. The molecule has 1 aliphatic rings. The van der Waals surface area contributed by atoms with E-state index in [2.05, 4.69) is 11.1 Å². The molecule has 15 heavy (non-hydrogen) atoms. The standard InChI is InChI=1S/C12H13NOS/c14-12(7-8-12)6-5-11-13-9-3-1-2-4-10(9)15-11/h1-4,14H,5-8H2. The first-order chi connectivity index (χ1) is 7.25. The average Bonchev–Trinajstić information content (AvgIpc) is 2.83. The van der Waals surface area contributed by atoms with Crippen LogP contribution in [0.15, 0.2) is 24.3 Å². The highest BCUT2D eigenvalue weighted by molar-refractivity contribution is 7.18. The molecule has 1 fully saturated rings. The zero-order valence-electron chi connectivity index (χ0n) is 8.44. The molecule has 0 radical (unpaired) electrons. The summed E-state index contributed by atoms with van der Waals surface area (Å²) in [7, 11) is 0. The molecule has 0 amide bonds. The number of thiazole rings is 1. The van der Waals surface area contributed by atoms with E-state index in [9.17, 15) is 5.11 Å². The number of rotatable bonds is 3. The second kappa shape index (κ2) is 3.29. The van der Waals surface area contributed by atoms with Crippen molar-refractivity contribution in [3.8, 4) is 0 Å². The Morgan fingerprint density at radius 1 is 1.33 bits per heavy atom. The predicted octanol–water partition coefficient (Wildman–Crippen LogP) is 2.75. The van der Waals surface area contributed by atoms with E-state index in [0.29, 0.717) is 0 Å². The fourth-order valence-electron chi connectivity index (χ4n) is 1.76. The van der Waals surface area contributed by atoms with Crippen molar-refractivity contribution in [2.75, 3.05) is 0 Å². The van der Waals surface area contributed by atoms with Crippen molar-refractivity contribution in [1.82, 2.24) is 4.98 Å². The minimum atomic E-state index is -0.349. The van der Waals surface area contributed by atoms with Crippen molar-refractivity contribution in [1.29, 1.82) is 0 Å². The molecule has 3 rings (SSSR count). The lowest BCUT2D eigenvalue weighted by Crippen LogP contribution is -2.07. The van der Waals surface area contributed by atoms with Crippen molar-refractivity contribution in [3.05, 3.63) is 29.3 Å². The second-order valence-corrected chi connectivity index (χ2v) is 5.41. The molecule has 1 saturated carbocycles. The van der Waals surface area contributed by atoms with Gasteiger partial charge in [0.15, 0.2) is 0 Å². The molecule has 1 aliphatic carbocycles. The molecular formula is C12H13NOS. The largest absolute Gasteiger partial charge is 0.390 e. The molecule has 0 spiro atoms. The fraction of sp³-hybridized carbons (Fsp3) is 0.417. The highest BCUT2D eigenvalue weighted by Gasteiger charge is 2.39. The van der Waals surface area contributed by atoms with Crippen molar-refractivity contribution >= 4 is 21.6 Å². The number of aromatic nitrogens is 1. The van der Waals surface area contributed by atoms with Gasteiger partial charge in [-0.3, -0.25) is 0 Å². The molecule has 78 valence electrons. The van der Waals surface area contributed by atoms with Crippen LogP contribution in [0, 0.1) is 0 Å². The Labute approximate surface area is 92.6 Å². The number of hydrogen-bond donors (Lipinski definition) is 1. The van der Waals surface area contributed by atoms with Gasteiger partial charge in [-0.05, 0) is 31.4 Å². The van der Waals surface area contributed by atoms with E-state index in [0.717, 1.165) is 36.2 Å². The molecular weight excluding hydrogens is 206 g/mol. The van der Waals surface area contributed by atoms with Gasteiger partial charge in [0.2, 0.25) is 0 Å². The van der Waals surface area contributed by atoms with E-state index < -0.39 is 0 Å². The third-order valence-corrected chi connectivity index (χ3v) is 4.07. The van der Waals surface area contributed by atoms with Crippen LogP contribution in [0.25, 0.3) is 10.2 Å². The third-order valence-electron chi connectivity index (χ3n) is 2.97. The van der Waals surface area contributed by atoms with Crippen molar-refractivity contribution < 1.29 is 5.11 Å². The van der Waals surface area contributed by atoms with Gasteiger partial charge in [0, 0.05) is 6.42 Å². The van der Waals surface area contributed by atoms with Crippen LogP contribution in [0.5, 0.6) is 0 Å². The maximum Gasteiger partial charge on any atom is 0.0939 e. The maximum absolute atomic E-state index is 9.74. The number of para-hydroxylation sites is 1. The molecule has 0 aliphatic heterocycles. The highest BCUT2D eigenvalue weighted by atomic mass is 32.1. The zero-order chi connectivity index (χ0) is 10.3. The molecule has 0 atom stereocenters. The van der Waals surface area contributed by atoms with Crippen LogP contribution < -0.4 is 0 Å². The summed E-state index contributed by atoms with van der Waals surface area (Å²) >= 11 is 1.74. The molecule has 3 heteroatoms. The van der Waals surface area contributed by atoms with Gasteiger partial charge in [-0.25, -0.2) is 4.98 Å². The number of aryl methyl sites for hydroxylation is 1. The Morgan fingerprint density at radius 3 is 2.87 bits per heavy atom. The van der Waals surface area contributed by atoms with Gasteiger partial charge in [-0.1, -0.05) is 12.1 Å². The number of hydrogen-bond acceptors (Lipinski definition) is 3. The third kappa shape index (κ3) is 1.90.